The van der Waals surface area contributed by atoms with Crippen LogP contribution in [0, 0.1) is 11.8 Å². The summed E-state index contributed by atoms with van der Waals surface area (Å²) in [5.41, 5.74) is 6.38. The zero-order chi connectivity index (χ0) is 20.6. The highest BCUT2D eigenvalue weighted by Crippen LogP contribution is 2.28. The summed E-state index contributed by atoms with van der Waals surface area (Å²) in [7, 11) is 1.52. The molecule has 2 aliphatic rings. The van der Waals surface area contributed by atoms with E-state index in [9.17, 15) is 14.4 Å². The summed E-state index contributed by atoms with van der Waals surface area (Å²) in [6.45, 7) is 0.181. The number of anilines is 1. The third kappa shape index (κ3) is 3.21. The van der Waals surface area contributed by atoms with Crippen LogP contribution >= 0.6 is 0 Å². The van der Waals surface area contributed by atoms with Gasteiger partial charge in [0.2, 0.25) is 5.54 Å². The van der Waals surface area contributed by atoms with Crippen LogP contribution in [-0.2, 0) is 11.3 Å². The molecule has 4 amide bonds. The molecule has 0 bridgehead atoms. The molecule has 0 aliphatic carbocycles. The Labute approximate surface area is 166 Å². The van der Waals surface area contributed by atoms with Crippen molar-refractivity contribution in [1.82, 2.24) is 20.5 Å². The van der Waals surface area contributed by atoms with Crippen molar-refractivity contribution in [1.29, 1.82) is 0 Å². The number of nitrogens with zero attached hydrogens (tertiary/aromatic N) is 2. The Balaban J connectivity index is 1.66. The normalized spacial score (nSPS) is 19.9. The third-order valence-corrected chi connectivity index (χ3v) is 4.83. The molecule has 1 fully saturated rings. The highest BCUT2D eigenvalue weighted by Gasteiger charge is 2.48. The largest absolute Gasteiger partial charge is 0.497 e. The molecule has 1 atom stereocenters. The van der Waals surface area contributed by atoms with Gasteiger partial charge in [0, 0.05) is 18.3 Å². The van der Waals surface area contributed by atoms with Gasteiger partial charge in [-0.25, -0.2) is 4.79 Å². The molecular formula is C20H17N5O4. The molecule has 4 N–H and O–H groups in total. The van der Waals surface area contributed by atoms with E-state index in [-0.39, 0.29) is 12.5 Å². The number of fused-ring (bicyclic) bond motifs is 1. The molecule has 4 rings (SSSR count). The maximum atomic E-state index is 12.9. The van der Waals surface area contributed by atoms with Gasteiger partial charge >= 0.3 is 6.03 Å². The van der Waals surface area contributed by atoms with Crippen molar-refractivity contribution in [3.63, 3.8) is 0 Å². The lowest BCUT2D eigenvalue weighted by atomic mass is 9.99. The zero-order valence-corrected chi connectivity index (χ0v) is 15.5. The number of hydrogen-bond acceptors (Lipinski definition) is 6. The van der Waals surface area contributed by atoms with Crippen LogP contribution in [0.3, 0.4) is 0 Å². The summed E-state index contributed by atoms with van der Waals surface area (Å²) in [6.07, 6.45) is 2.96. The molecule has 0 saturated carbocycles. The Hall–Kier alpha value is -4.06. The van der Waals surface area contributed by atoms with E-state index in [2.05, 4.69) is 27.5 Å². The van der Waals surface area contributed by atoms with E-state index in [4.69, 9.17) is 10.5 Å². The molecule has 2 aliphatic heterocycles. The highest BCUT2D eigenvalue weighted by atomic mass is 16.5. The van der Waals surface area contributed by atoms with Crippen LogP contribution in [0.4, 0.5) is 10.5 Å². The Morgan fingerprint density at radius 3 is 2.83 bits per heavy atom. The number of amides is 4. The van der Waals surface area contributed by atoms with Crippen molar-refractivity contribution in [2.45, 2.75) is 12.1 Å². The Kier molecular flexibility index (Phi) is 4.31. The number of hydrogen-bond donors (Lipinski definition) is 3. The van der Waals surface area contributed by atoms with Crippen LogP contribution in [0.15, 0.2) is 36.7 Å². The molecule has 0 spiro atoms. The van der Waals surface area contributed by atoms with Crippen molar-refractivity contribution in [2.24, 2.45) is 0 Å². The number of imide groups is 1. The SMILES string of the molecule is COc1ccc2c(c1)C(=O)N(C[C@@]1(C#Cc3ccncc3N)NC(=O)NC1=O)C2. The van der Waals surface area contributed by atoms with Gasteiger partial charge in [0.15, 0.2) is 0 Å². The molecule has 9 heteroatoms. The van der Waals surface area contributed by atoms with Gasteiger partial charge in [-0.2, -0.15) is 0 Å². The highest BCUT2D eigenvalue weighted by molar-refractivity contribution is 6.10. The lowest BCUT2D eigenvalue weighted by Crippen LogP contribution is -2.54. The van der Waals surface area contributed by atoms with Gasteiger partial charge in [-0.1, -0.05) is 17.9 Å². The van der Waals surface area contributed by atoms with Crippen molar-refractivity contribution in [3.8, 4) is 17.6 Å². The first-order valence-electron chi connectivity index (χ1n) is 8.74. The van der Waals surface area contributed by atoms with E-state index in [0.717, 1.165) is 5.56 Å². The smallest absolute Gasteiger partial charge is 0.323 e. The lowest BCUT2D eigenvalue weighted by Gasteiger charge is -2.26. The van der Waals surface area contributed by atoms with Crippen molar-refractivity contribution < 1.29 is 19.1 Å². The molecule has 3 heterocycles. The average Bonchev–Trinajstić information content (AvgIpc) is 3.16. The van der Waals surface area contributed by atoms with E-state index in [1.807, 2.05) is 0 Å². The van der Waals surface area contributed by atoms with Crippen LogP contribution < -0.4 is 21.1 Å². The Morgan fingerprint density at radius 2 is 2.14 bits per heavy atom. The van der Waals surface area contributed by atoms with Crippen LogP contribution in [0.5, 0.6) is 5.75 Å². The van der Waals surface area contributed by atoms with Gasteiger partial charge in [0.25, 0.3) is 11.8 Å². The van der Waals surface area contributed by atoms with Crippen molar-refractivity contribution in [2.75, 3.05) is 19.4 Å². The number of aromatic nitrogens is 1. The lowest BCUT2D eigenvalue weighted by molar-refractivity contribution is -0.122. The van der Waals surface area contributed by atoms with E-state index in [1.165, 1.54) is 24.4 Å². The fraction of sp³-hybridized carbons (Fsp3) is 0.200. The second-order valence-corrected chi connectivity index (χ2v) is 6.71. The number of nitrogens with one attached hydrogen (secondary N) is 2. The minimum absolute atomic E-state index is 0.113. The van der Waals surface area contributed by atoms with Gasteiger partial charge < -0.3 is 20.7 Å². The van der Waals surface area contributed by atoms with Gasteiger partial charge in [-0.15, -0.1) is 0 Å². The summed E-state index contributed by atoms with van der Waals surface area (Å²) < 4.78 is 5.18. The fourth-order valence-electron chi connectivity index (χ4n) is 3.31. The van der Waals surface area contributed by atoms with Gasteiger partial charge in [0.1, 0.15) is 5.75 Å². The molecule has 0 radical (unpaired) electrons. The zero-order valence-electron chi connectivity index (χ0n) is 15.5. The quantitative estimate of drug-likeness (QED) is 0.509. The summed E-state index contributed by atoms with van der Waals surface area (Å²) in [6, 6.07) is 6.16. The van der Waals surface area contributed by atoms with Crippen molar-refractivity contribution >= 4 is 23.5 Å². The number of rotatable bonds is 3. The van der Waals surface area contributed by atoms with Crippen LogP contribution in [0.2, 0.25) is 0 Å². The maximum absolute atomic E-state index is 12.9. The summed E-state index contributed by atoms with van der Waals surface area (Å²) in [5, 5.41) is 4.75. The molecule has 29 heavy (non-hydrogen) atoms. The third-order valence-electron chi connectivity index (χ3n) is 4.83. The second-order valence-electron chi connectivity index (χ2n) is 6.71. The van der Waals surface area contributed by atoms with Crippen molar-refractivity contribution in [3.05, 3.63) is 53.3 Å². The first-order chi connectivity index (χ1) is 13.9. The maximum Gasteiger partial charge on any atom is 0.323 e. The first kappa shape index (κ1) is 18.3. The van der Waals surface area contributed by atoms with E-state index < -0.39 is 17.5 Å². The number of nitrogen functional groups attached to an aromatic ring is 1. The number of ether oxygens (including phenoxy) is 1. The molecule has 1 aromatic heterocycles. The number of benzene rings is 1. The molecule has 1 saturated heterocycles. The predicted molar refractivity (Wildman–Crippen MR) is 103 cm³/mol. The molecule has 1 aromatic carbocycles. The van der Waals surface area contributed by atoms with Gasteiger partial charge in [-0.05, 0) is 23.8 Å². The monoisotopic (exact) mass is 391 g/mol. The predicted octanol–water partition coefficient (Wildman–Crippen LogP) is 0.258. The minimum atomic E-state index is -1.59. The second kappa shape index (κ2) is 6.83. The molecular weight excluding hydrogens is 374 g/mol. The molecule has 146 valence electrons. The minimum Gasteiger partial charge on any atom is -0.497 e. The van der Waals surface area contributed by atoms with Crippen LogP contribution in [0.25, 0.3) is 0 Å². The standard InChI is InChI=1S/C20H17N5O4/c1-29-14-3-2-13-10-25(17(26)15(13)8-14)11-20(18(27)23-19(28)24-20)6-4-12-5-7-22-9-16(12)21/h2-3,5,7-9H,10-11,21H2,1H3,(H2,23,24,27,28)/t20-/m1/s1. The van der Waals surface area contributed by atoms with E-state index in [1.54, 1.807) is 24.3 Å². The van der Waals surface area contributed by atoms with E-state index in [0.29, 0.717) is 29.1 Å². The Morgan fingerprint density at radius 1 is 1.31 bits per heavy atom. The number of carbonyl (C=O) groups is 3. The van der Waals surface area contributed by atoms with E-state index >= 15 is 0 Å². The van der Waals surface area contributed by atoms with Gasteiger partial charge in [0.05, 0.1) is 31.1 Å². The Bertz CT molecular complexity index is 1100. The summed E-state index contributed by atoms with van der Waals surface area (Å²) in [5.74, 6) is 5.31. The molecule has 9 nitrogen and oxygen atoms in total. The van der Waals surface area contributed by atoms with Crippen LogP contribution in [-0.4, -0.2) is 46.9 Å². The number of pyridine rings is 1. The first-order valence-corrected chi connectivity index (χ1v) is 8.74. The molecule has 0 unspecified atom stereocenters. The number of nitrogens with two attached hydrogens (primary N) is 1. The topological polar surface area (TPSA) is 127 Å². The average molecular weight is 391 g/mol. The molecule has 2 aromatic rings. The summed E-state index contributed by atoms with van der Waals surface area (Å²) >= 11 is 0. The number of carbonyl (C=O) groups excluding carboxylic acids is 3. The number of methoxy groups -OCH3 is 1. The summed E-state index contributed by atoms with van der Waals surface area (Å²) in [4.78, 5) is 42.6. The van der Waals surface area contributed by atoms with Gasteiger partial charge in [-0.3, -0.25) is 19.9 Å². The fourth-order valence-corrected chi connectivity index (χ4v) is 3.31. The number of urea groups is 1. The van der Waals surface area contributed by atoms with Crippen LogP contribution in [0.1, 0.15) is 21.5 Å².